The molecule has 1 aromatic heterocycles. The number of halogens is 1. The number of hydrogen-bond donors (Lipinski definition) is 2. The first-order valence-corrected chi connectivity index (χ1v) is 12.5. The second kappa shape index (κ2) is 8.70. The van der Waals surface area contributed by atoms with Crippen molar-refractivity contribution in [1.82, 2.24) is 9.71 Å². The van der Waals surface area contributed by atoms with E-state index in [0.29, 0.717) is 23.5 Å². The molecule has 7 nitrogen and oxygen atoms in total. The number of hydrogen-bond acceptors (Lipinski definition) is 5. The molecule has 2 heterocycles. The zero-order chi connectivity index (χ0) is 23.0. The Hall–Kier alpha value is -3.07. The Labute approximate surface area is 196 Å². The summed E-state index contributed by atoms with van der Waals surface area (Å²) in [5.74, 6) is -0.620. The molecule has 1 aliphatic heterocycles. The molecule has 0 unspecified atom stereocenters. The molecule has 0 saturated carbocycles. The number of nitrogens with one attached hydrogen (secondary N) is 2. The highest BCUT2D eigenvalue weighted by Crippen LogP contribution is 2.37. The Morgan fingerprint density at radius 1 is 1.00 bits per heavy atom. The van der Waals surface area contributed by atoms with E-state index in [0.717, 1.165) is 24.2 Å². The molecule has 3 aromatic carbocycles. The highest BCUT2D eigenvalue weighted by Gasteiger charge is 2.21. The van der Waals surface area contributed by atoms with Gasteiger partial charge in [-0.1, -0.05) is 35.9 Å². The molecule has 0 fully saturated rings. The molecule has 0 bridgehead atoms. The molecule has 0 atom stereocenters. The van der Waals surface area contributed by atoms with Crippen LogP contribution in [0.4, 0.5) is 11.4 Å². The zero-order valence-electron chi connectivity index (χ0n) is 17.7. The number of oxazole rings is 1. The molecule has 9 heteroatoms. The van der Waals surface area contributed by atoms with Crippen molar-refractivity contribution in [3.63, 3.8) is 0 Å². The van der Waals surface area contributed by atoms with Crippen molar-refractivity contribution in [3.8, 4) is 0 Å². The van der Waals surface area contributed by atoms with Gasteiger partial charge in [-0.15, -0.1) is 0 Å². The van der Waals surface area contributed by atoms with E-state index in [4.69, 9.17) is 16.0 Å². The quantitative estimate of drug-likeness (QED) is 0.397. The van der Waals surface area contributed by atoms with Crippen molar-refractivity contribution in [2.24, 2.45) is 0 Å². The Morgan fingerprint density at radius 3 is 2.64 bits per heavy atom. The molecule has 0 radical (unpaired) electrons. The molecular weight excluding hydrogens is 462 g/mol. The summed E-state index contributed by atoms with van der Waals surface area (Å²) in [6, 6.07) is 18.5. The summed E-state index contributed by atoms with van der Waals surface area (Å²) in [5, 5.41) is 0.672. The van der Waals surface area contributed by atoms with Gasteiger partial charge in [0.2, 0.25) is 10.0 Å². The minimum atomic E-state index is -3.75. The molecule has 0 amide bonds. The second-order valence-corrected chi connectivity index (χ2v) is 10.2. The molecule has 0 aliphatic carbocycles. The van der Waals surface area contributed by atoms with Gasteiger partial charge in [0.05, 0.1) is 10.4 Å². The third kappa shape index (κ3) is 4.42. The van der Waals surface area contributed by atoms with E-state index >= 15 is 0 Å². The van der Waals surface area contributed by atoms with Gasteiger partial charge in [-0.2, -0.15) is 0 Å². The van der Waals surface area contributed by atoms with Crippen molar-refractivity contribution in [3.05, 3.63) is 87.4 Å². The lowest BCUT2D eigenvalue weighted by Crippen LogP contribution is -2.28. The third-order valence-corrected chi connectivity index (χ3v) is 7.53. The SMILES string of the molecule is O=c1[nH]c2ccc(S(=O)(=O)NCCCN3c4ccccc4CCc4ccc(Cl)cc43)cc2o1. The van der Waals surface area contributed by atoms with Crippen LogP contribution in [0.3, 0.4) is 0 Å². The third-order valence-electron chi connectivity index (χ3n) is 5.84. The lowest BCUT2D eigenvalue weighted by molar-refractivity contribution is 0.553. The standard InChI is InChI=1S/C24H22ClN3O4S/c25-18-9-8-17-7-6-16-4-1-2-5-21(16)28(22(17)14-18)13-3-12-26-33(30,31)19-10-11-20-23(15-19)32-24(29)27-20/h1-2,4-5,8-11,14-15,26H,3,6-7,12-13H2,(H,27,29). The molecule has 5 rings (SSSR count). The topological polar surface area (TPSA) is 95.4 Å². The number of aromatic amines is 1. The number of rotatable bonds is 6. The molecule has 0 spiro atoms. The average molecular weight is 484 g/mol. The van der Waals surface area contributed by atoms with E-state index in [1.807, 2.05) is 24.3 Å². The summed E-state index contributed by atoms with van der Waals surface area (Å²) in [7, 11) is -3.75. The van der Waals surface area contributed by atoms with E-state index in [1.165, 1.54) is 29.3 Å². The Kier molecular flexibility index (Phi) is 5.74. The zero-order valence-corrected chi connectivity index (χ0v) is 19.2. The Morgan fingerprint density at radius 2 is 1.79 bits per heavy atom. The summed E-state index contributed by atoms with van der Waals surface area (Å²) in [4.78, 5) is 16.1. The molecule has 1 aliphatic rings. The lowest BCUT2D eigenvalue weighted by atomic mass is 10.0. The smallest absolute Gasteiger partial charge is 0.408 e. The Balaban J connectivity index is 1.33. The van der Waals surface area contributed by atoms with Gasteiger partial charge in [-0.05, 0) is 60.7 Å². The fourth-order valence-corrected chi connectivity index (χ4v) is 5.50. The van der Waals surface area contributed by atoms with Crippen molar-refractivity contribution in [2.75, 3.05) is 18.0 Å². The van der Waals surface area contributed by atoms with E-state index < -0.39 is 15.8 Å². The summed E-state index contributed by atoms with van der Waals surface area (Å²) in [6.07, 6.45) is 2.44. The van der Waals surface area contributed by atoms with Gasteiger partial charge in [0, 0.05) is 35.6 Å². The summed E-state index contributed by atoms with van der Waals surface area (Å²) in [5.41, 5.74) is 5.32. The van der Waals surface area contributed by atoms with Crippen molar-refractivity contribution in [2.45, 2.75) is 24.2 Å². The van der Waals surface area contributed by atoms with Crippen LogP contribution in [-0.2, 0) is 22.9 Å². The van der Waals surface area contributed by atoms with Gasteiger partial charge in [-0.3, -0.25) is 4.98 Å². The lowest BCUT2D eigenvalue weighted by Gasteiger charge is -2.27. The number of aromatic nitrogens is 1. The second-order valence-electron chi connectivity index (χ2n) is 7.98. The molecule has 0 saturated heterocycles. The fourth-order valence-electron chi connectivity index (χ4n) is 4.25. The normalized spacial score (nSPS) is 13.5. The van der Waals surface area contributed by atoms with Gasteiger partial charge in [0.25, 0.3) is 0 Å². The Bertz CT molecular complexity index is 1490. The molecule has 33 heavy (non-hydrogen) atoms. The van der Waals surface area contributed by atoms with E-state index in [1.54, 1.807) is 0 Å². The van der Waals surface area contributed by atoms with Crippen LogP contribution >= 0.6 is 11.6 Å². The van der Waals surface area contributed by atoms with Crippen LogP contribution in [0.1, 0.15) is 17.5 Å². The molecule has 170 valence electrons. The highest BCUT2D eigenvalue weighted by atomic mass is 35.5. The minimum Gasteiger partial charge on any atom is -0.408 e. The van der Waals surface area contributed by atoms with Gasteiger partial charge in [0.15, 0.2) is 5.58 Å². The first-order valence-electron chi connectivity index (χ1n) is 10.7. The van der Waals surface area contributed by atoms with Crippen molar-refractivity contribution >= 4 is 44.1 Å². The van der Waals surface area contributed by atoms with Crippen molar-refractivity contribution in [1.29, 1.82) is 0 Å². The number of anilines is 2. The summed E-state index contributed by atoms with van der Waals surface area (Å²) < 4.78 is 33.1. The van der Waals surface area contributed by atoms with Crippen LogP contribution in [-0.4, -0.2) is 26.5 Å². The highest BCUT2D eigenvalue weighted by molar-refractivity contribution is 7.89. The number of benzene rings is 3. The van der Waals surface area contributed by atoms with Gasteiger partial charge >= 0.3 is 5.76 Å². The maximum Gasteiger partial charge on any atom is 0.417 e. The fraction of sp³-hybridized carbons (Fsp3) is 0.208. The van der Waals surface area contributed by atoms with Crippen LogP contribution in [0.5, 0.6) is 0 Å². The number of H-pyrrole nitrogens is 1. The minimum absolute atomic E-state index is 0.0509. The van der Waals surface area contributed by atoms with E-state index in [9.17, 15) is 13.2 Å². The number of aryl methyl sites for hydroxylation is 2. The van der Waals surface area contributed by atoms with Crippen LogP contribution in [0, 0.1) is 0 Å². The van der Waals surface area contributed by atoms with Crippen LogP contribution in [0.15, 0.2) is 74.8 Å². The number of fused-ring (bicyclic) bond motifs is 3. The van der Waals surface area contributed by atoms with Gasteiger partial charge in [-0.25, -0.2) is 17.9 Å². The largest absolute Gasteiger partial charge is 0.417 e. The van der Waals surface area contributed by atoms with Crippen LogP contribution < -0.4 is 15.4 Å². The van der Waals surface area contributed by atoms with Crippen molar-refractivity contribution < 1.29 is 12.8 Å². The summed E-state index contributed by atoms with van der Waals surface area (Å²) in [6.45, 7) is 0.880. The monoisotopic (exact) mass is 483 g/mol. The number of nitrogens with zero attached hydrogens (tertiary/aromatic N) is 1. The predicted octanol–water partition coefficient (Wildman–Crippen LogP) is 4.38. The molecule has 4 aromatic rings. The average Bonchev–Trinajstić information content (AvgIpc) is 3.10. The van der Waals surface area contributed by atoms with E-state index in [2.05, 4.69) is 32.8 Å². The number of para-hydroxylation sites is 1. The van der Waals surface area contributed by atoms with E-state index in [-0.39, 0.29) is 17.0 Å². The first kappa shape index (κ1) is 21.8. The van der Waals surface area contributed by atoms with Crippen LogP contribution in [0.2, 0.25) is 5.02 Å². The first-order chi connectivity index (χ1) is 15.9. The van der Waals surface area contributed by atoms with Gasteiger partial charge in [0.1, 0.15) is 0 Å². The summed E-state index contributed by atoms with van der Waals surface area (Å²) >= 11 is 6.31. The number of sulfonamides is 1. The maximum absolute atomic E-state index is 12.8. The van der Waals surface area contributed by atoms with Crippen LogP contribution in [0.25, 0.3) is 11.1 Å². The van der Waals surface area contributed by atoms with Gasteiger partial charge < -0.3 is 9.32 Å². The molecular formula is C24H22ClN3O4S. The maximum atomic E-state index is 12.8. The molecule has 2 N–H and O–H groups in total. The predicted molar refractivity (Wildman–Crippen MR) is 129 cm³/mol.